The number of aryl methyl sites for hydroxylation is 1. The topological polar surface area (TPSA) is 106 Å². The standard InChI is InChI=1S/C25H22Cl2FN7O/c1-13-2-3-19(22(28)21(13)27)33-23-15(10-29)11-30-25-17(23)8-16(9-18(25)26)32-24(20-12-31-35-34-20)14-4-6-36-7-5-14/h2-4,8-9,11-12,24,31-32,34-35H,5-7H2,1H3,(H,30,33)/t24-/m0/s1. The van der Waals surface area contributed by atoms with E-state index >= 15 is 0 Å². The first-order valence-corrected chi connectivity index (χ1v) is 12.0. The van der Waals surface area contributed by atoms with Crippen molar-refractivity contribution in [1.29, 1.82) is 5.26 Å². The fourth-order valence-electron chi connectivity index (χ4n) is 4.19. The first kappa shape index (κ1) is 24.2. The van der Waals surface area contributed by atoms with E-state index in [1.807, 2.05) is 12.3 Å². The Morgan fingerprint density at radius 3 is 2.86 bits per heavy atom. The Morgan fingerprint density at radius 2 is 2.14 bits per heavy atom. The van der Waals surface area contributed by atoms with Gasteiger partial charge in [-0.3, -0.25) is 4.98 Å². The quantitative estimate of drug-likeness (QED) is 0.280. The van der Waals surface area contributed by atoms with Gasteiger partial charge in [-0.1, -0.05) is 35.3 Å². The second kappa shape index (κ2) is 10.2. The van der Waals surface area contributed by atoms with E-state index in [9.17, 15) is 9.65 Å². The molecule has 0 saturated heterocycles. The molecule has 36 heavy (non-hydrogen) atoms. The number of pyridine rings is 1. The SMILES string of the molecule is Cc1ccc(Nc2c(C#N)cnc3c(Cl)cc(N[C@@H](C4=CCOCC4)C4=CNNN4)cc23)c(F)c1Cl. The Labute approximate surface area is 217 Å². The number of aromatic nitrogens is 1. The highest BCUT2D eigenvalue weighted by atomic mass is 35.5. The lowest BCUT2D eigenvalue weighted by molar-refractivity contribution is 0.153. The maximum absolute atomic E-state index is 14.9. The predicted molar refractivity (Wildman–Crippen MR) is 139 cm³/mol. The Bertz CT molecular complexity index is 1450. The number of benzene rings is 2. The average molecular weight is 526 g/mol. The van der Waals surface area contributed by atoms with Crippen LogP contribution < -0.4 is 27.0 Å². The molecule has 5 N–H and O–H groups in total. The summed E-state index contributed by atoms with van der Waals surface area (Å²) in [6, 6.07) is 8.84. The maximum atomic E-state index is 14.9. The molecule has 3 heterocycles. The van der Waals surface area contributed by atoms with Gasteiger partial charge in [-0.2, -0.15) is 10.8 Å². The van der Waals surface area contributed by atoms with Crippen molar-refractivity contribution in [3.63, 3.8) is 0 Å². The zero-order valence-corrected chi connectivity index (χ0v) is 20.7. The van der Waals surface area contributed by atoms with Crippen molar-refractivity contribution in [2.24, 2.45) is 0 Å². The molecule has 1 atom stereocenters. The lowest BCUT2D eigenvalue weighted by atomic mass is 9.99. The number of halogens is 3. The van der Waals surface area contributed by atoms with Crippen LogP contribution in [0.3, 0.4) is 0 Å². The van der Waals surface area contributed by atoms with Crippen LogP contribution in [0.2, 0.25) is 10.0 Å². The van der Waals surface area contributed by atoms with Crippen LogP contribution in [0.25, 0.3) is 10.9 Å². The number of rotatable bonds is 6. The van der Waals surface area contributed by atoms with Crippen LogP contribution in [0.1, 0.15) is 17.5 Å². The molecular weight excluding hydrogens is 504 g/mol. The Balaban J connectivity index is 1.59. The van der Waals surface area contributed by atoms with E-state index in [1.165, 1.54) is 6.20 Å². The second-order valence-corrected chi connectivity index (χ2v) is 9.16. The van der Waals surface area contributed by atoms with Crippen molar-refractivity contribution in [1.82, 2.24) is 21.4 Å². The highest BCUT2D eigenvalue weighted by Crippen LogP contribution is 2.37. The van der Waals surface area contributed by atoms with E-state index < -0.39 is 5.82 Å². The molecule has 2 aromatic carbocycles. The summed E-state index contributed by atoms with van der Waals surface area (Å²) >= 11 is 12.8. The van der Waals surface area contributed by atoms with Crippen molar-refractivity contribution in [2.75, 3.05) is 23.8 Å². The third kappa shape index (κ3) is 4.64. The molecule has 0 fully saturated rings. The Kier molecular flexibility index (Phi) is 6.85. The summed E-state index contributed by atoms with van der Waals surface area (Å²) in [5.74, 6) is -0.600. The number of hydrogen-bond acceptors (Lipinski definition) is 8. The van der Waals surface area contributed by atoms with Crippen LogP contribution in [0, 0.1) is 24.1 Å². The molecule has 8 nitrogen and oxygen atoms in total. The van der Waals surface area contributed by atoms with Gasteiger partial charge < -0.3 is 26.2 Å². The van der Waals surface area contributed by atoms with Gasteiger partial charge >= 0.3 is 0 Å². The third-order valence-corrected chi connectivity index (χ3v) is 6.83. The van der Waals surface area contributed by atoms with Gasteiger partial charge in [0.25, 0.3) is 0 Å². The van der Waals surface area contributed by atoms with Crippen molar-refractivity contribution in [3.8, 4) is 6.07 Å². The van der Waals surface area contributed by atoms with E-state index in [0.29, 0.717) is 46.1 Å². The fourth-order valence-corrected chi connectivity index (χ4v) is 4.63. The molecule has 0 bridgehead atoms. The van der Waals surface area contributed by atoms with Gasteiger partial charge in [-0.25, -0.2) is 4.39 Å². The summed E-state index contributed by atoms with van der Waals surface area (Å²) in [6.07, 6.45) is 6.07. The van der Waals surface area contributed by atoms with Gasteiger partial charge in [0.05, 0.1) is 57.5 Å². The van der Waals surface area contributed by atoms with Crippen LogP contribution in [0.5, 0.6) is 0 Å². The summed E-state index contributed by atoms with van der Waals surface area (Å²) in [6.45, 7) is 2.89. The number of nitrogens with one attached hydrogen (secondary N) is 5. The van der Waals surface area contributed by atoms with Crippen LogP contribution in [0.15, 0.2) is 54.0 Å². The molecule has 0 saturated carbocycles. The number of anilines is 3. The summed E-state index contributed by atoms with van der Waals surface area (Å²) in [5, 5.41) is 17.3. The molecule has 2 aliphatic heterocycles. The number of hydrazine groups is 2. The molecular formula is C25H22Cl2FN7O. The normalized spacial score (nSPS) is 15.9. The average Bonchev–Trinajstić information content (AvgIpc) is 3.43. The third-order valence-electron chi connectivity index (χ3n) is 6.08. The summed E-state index contributed by atoms with van der Waals surface area (Å²) in [5.41, 5.74) is 13.5. The van der Waals surface area contributed by atoms with E-state index in [1.54, 1.807) is 25.1 Å². The highest BCUT2D eigenvalue weighted by molar-refractivity contribution is 6.36. The van der Waals surface area contributed by atoms with Crippen LogP contribution >= 0.6 is 23.2 Å². The lowest BCUT2D eigenvalue weighted by Gasteiger charge is -2.26. The lowest BCUT2D eigenvalue weighted by Crippen LogP contribution is -2.38. The first-order valence-electron chi connectivity index (χ1n) is 11.2. The van der Waals surface area contributed by atoms with Gasteiger partial charge in [-0.05, 0) is 42.7 Å². The number of ether oxygens (including phenoxy) is 1. The first-order chi connectivity index (χ1) is 17.5. The minimum Gasteiger partial charge on any atom is -0.377 e. The molecule has 0 amide bonds. The summed E-state index contributed by atoms with van der Waals surface area (Å²) in [4.78, 5) is 4.38. The maximum Gasteiger partial charge on any atom is 0.165 e. The minimum absolute atomic E-state index is 0.0180. The number of nitrogens with zero attached hydrogens (tertiary/aromatic N) is 2. The van der Waals surface area contributed by atoms with Gasteiger partial charge in [0.1, 0.15) is 6.07 Å². The van der Waals surface area contributed by atoms with Crippen LogP contribution in [0.4, 0.5) is 21.5 Å². The molecule has 0 spiro atoms. The molecule has 3 aromatic rings. The van der Waals surface area contributed by atoms with Crippen molar-refractivity contribution >= 4 is 51.2 Å². The van der Waals surface area contributed by atoms with E-state index in [0.717, 1.165) is 17.7 Å². The highest BCUT2D eigenvalue weighted by Gasteiger charge is 2.24. The molecule has 2 aliphatic rings. The zero-order valence-electron chi connectivity index (χ0n) is 19.2. The minimum atomic E-state index is -0.600. The van der Waals surface area contributed by atoms with E-state index in [-0.39, 0.29) is 22.3 Å². The van der Waals surface area contributed by atoms with Crippen molar-refractivity contribution in [2.45, 2.75) is 19.4 Å². The number of hydrogen-bond donors (Lipinski definition) is 5. The van der Waals surface area contributed by atoms with E-state index in [2.05, 4.69) is 44.1 Å². The molecule has 5 rings (SSSR count). The van der Waals surface area contributed by atoms with Gasteiger partial charge in [-0.15, -0.1) is 0 Å². The monoisotopic (exact) mass is 525 g/mol. The van der Waals surface area contributed by atoms with E-state index in [4.69, 9.17) is 27.9 Å². The zero-order chi connectivity index (χ0) is 25.2. The summed E-state index contributed by atoms with van der Waals surface area (Å²) < 4.78 is 20.4. The van der Waals surface area contributed by atoms with Gasteiger partial charge in [0.15, 0.2) is 5.82 Å². The molecule has 184 valence electrons. The van der Waals surface area contributed by atoms with Gasteiger partial charge in [0.2, 0.25) is 0 Å². The Hall–Kier alpha value is -3.55. The Morgan fingerprint density at radius 1 is 1.28 bits per heavy atom. The van der Waals surface area contributed by atoms with Gasteiger partial charge in [0, 0.05) is 23.5 Å². The van der Waals surface area contributed by atoms with Crippen molar-refractivity contribution < 1.29 is 9.13 Å². The molecule has 0 radical (unpaired) electrons. The fraction of sp³-hybridized carbons (Fsp3) is 0.200. The molecule has 1 aromatic heterocycles. The van der Waals surface area contributed by atoms with Crippen LogP contribution in [-0.4, -0.2) is 24.2 Å². The predicted octanol–water partition coefficient (Wildman–Crippen LogP) is 5.19. The summed E-state index contributed by atoms with van der Waals surface area (Å²) in [7, 11) is 0. The number of fused-ring (bicyclic) bond motifs is 1. The second-order valence-electron chi connectivity index (χ2n) is 8.37. The molecule has 11 heteroatoms. The largest absolute Gasteiger partial charge is 0.377 e. The molecule has 0 unspecified atom stereocenters. The molecule has 0 aliphatic carbocycles. The van der Waals surface area contributed by atoms with Crippen LogP contribution in [-0.2, 0) is 4.74 Å². The smallest absolute Gasteiger partial charge is 0.165 e. The number of nitriles is 1. The van der Waals surface area contributed by atoms with Crippen molar-refractivity contribution in [3.05, 3.63) is 81.0 Å².